The standard InChI is InChI=1S/C18H30N4O2/c1-6-21-7-9-22(10-8-21)16-12-15(14(19)11-13(16)2)20-17(23)24-18(3,4)5/h11-12H,6-10,19H2,1-5H3,(H,20,23). The van der Waals surface area contributed by atoms with Crippen LogP contribution in [0.25, 0.3) is 0 Å². The van der Waals surface area contributed by atoms with Gasteiger partial charge < -0.3 is 20.3 Å². The molecule has 1 saturated heterocycles. The van der Waals surface area contributed by atoms with E-state index in [0.717, 1.165) is 44.0 Å². The number of carbonyl (C=O) groups excluding carboxylic acids is 1. The van der Waals surface area contributed by atoms with Crippen molar-refractivity contribution < 1.29 is 9.53 Å². The highest BCUT2D eigenvalue weighted by molar-refractivity contribution is 5.91. The number of hydrogen-bond donors (Lipinski definition) is 2. The second-order valence-corrected chi connectivity index (χ2v) is 7.27. The van der Waals surface area contributed by atoms with Crippen LogP contribution in [0.3, 0.4) is 0 Å². The van der Waals surface area contributed by atoms with E-state index in [1.165, 1.54) is 0 Å². The van der Waals surface area contributed by atoms with Crippen LogP contribution in [0.4, 0.5) is 21.9 Å². The van der Waals surface area contributed by atoms with Crippen LogP contribution in [0.1, 0.15) is 33.3 Å². The summed E-state index contributed by atoms with van der Waals surface area (Å²) < 4.78 is 5.31. The van der Waals surface area contributed by atoms with Crippen molar-refractivity contribution in [3.63, 3.8) is 0 Å². The fraction of sp³-hybridized carbons (Fsp3) is 0.611. The summed E-state index contributed by atoms with van der Waals surface area (Å²) >= 11 is 0. The van der Waals surface area contributed by atoms with Gasteiger partial charge in [0.25, 0.3) is 0 Å². The molecule has 6 heteroatoms. The van der Waals surface area contributed by atoms with Gasteiger partial charge in [0.2, 0.25) is 0 Å². The van der Waals surface area contributed by atoms with Crippen LogP contribution in [0, 0.1) is 6.92 Å². The van der Waals surface area contributed by atoms with E-state index < -0.39 is 11.7 Å². The number of piperazine rings is 1. The maximum absolute atomic E-state index is 12.0. The van der Waals surface area contributed by atoms with Gasteiger partial charge in [-0.05, 0) is 51.9 Å². The summed E-state index contributed by atoms with van der Waals surface area (Å²) in [4.78, 5) is 16.8. The number of nitrogens with zero attached hydrogens (tertiary/aromatic N) is 2. The molecule has 1 aliphatic rings. The van der Waals surface area contributed by atoms with E-state index in [0.29, 0.717) is 11.4 Å². The molecule has 0 saturated carbocycles. The summed E-state index contributed by atoms with van der Waals surface area (Å²) in [5.41, 5.74) is 8.92. The van der Waals surface area contributed by atoms with Gasteiger partial charge in [0.1, 0.15) is 5.60 Å². The lowest BCUT2D eigenvalue weighted by Gasteiger charge is -2.36. The van der Waals surface area contributed by atoms with E-state index in [2.05, 4.69) is 29.0 Å². The third-order valence-electron chi connectivity index (χ3n) is 4.16. The first-order valence-corrected chi connectivity index (χ1v) is 8.57. The number of nitrogens with two attached hydrogens (primary N) is 1. The summed E-state index contributed by atoms with van der Waals surface area (Å²) in [7, 11) is 0. The molecule has 1 aromatic carbocycles. The van der Waals surface area contributed by atoms with Crippen molar-refractivity contribution in [2.45, 2.75) is 40.2 Å². The molecule has 6 nitrogen and oxygen atoms in total. The fourth-order valence-electron chi connectivity index (χ4n) is 2.89. The van der Waals surface area contributed by atoms with E-state index in [-0.39, 0.29) is 0 Å². The number of carbonyl (C=O) groups is 1. The van der Waals surface area contributed by atoms with Crippen LogP contribution in [0.2, 0.25) is 0 Å². The van der Waals surface area contributed by atoms with E-state index in [9.17, 15) is 4.79 Å². The highest BCUT2D eigenvalue weighted by atomic mass is 16.6. The molecule has 0 aromatic heterocycles. The number of anilines is 3. The van der Waals surface area contributed by atoms with E-state index >= 15 is 0 Å². The summed E-state index contributed by atoms with van der Waals surface area (Å²) in [6.45, 7) is 14.9. The average molecular weight is 334 g/mol. The monoisotopic (exact) mass is 334 g/mol. The Morgan fingerprint density at radius 2 is 1.88 bits per heavy atom. The number of amides is 1. The maximum Gasteiger partial charge on any atom is 0.412 e. The molecule has 0 unspecified atom stereocenters. The Balaban J connectivity index is 2.15. The van der Waals surface area contributed by atoms with Crippen molar-refractivity contribution in [1.29, 1.82) is 0 Å². The molecule has 0 atom stereocenters. The molecular formula is C18H30N4O2. The van der Waals surface area contributed by atoms with Crippen LogP contribution in [-0.4, -0.2) is 49.3 Å². The van der Waals surface area contributed by atoms with Gasteiger partial charge in [-0.15, -0.1) is 0 Å². The number of nitrogens with one attached hydrogen (secondary N) is 1. The van der Waals surface area contributed by atoms with Crippen molar-refractivity contribution in [3.8, 4) is 0 Å². The molecule has 1 aliphatic heterocycles. The Kier molecular flexibility index (Phi) is 5.59. The number of hydrogen-bond acceptors (Lipinski definition) is 5. The van der Waals surface area contributed by atoms with E-state index in [1.807, 2.05) is 32.9 Å². The smallest absolute Gasteiger partial charge is 0.412 e. The minimum atomic E-state index is -0.539. The molecule has 2 rings (SSSR count). The third kappa shape index (κ3) is 4.77. The first-order valence-electron chi connectivity index (χ1n) is 8.57. The Morgan fingerprint density at radius 1 is 1.25 bits per heavy atom. The zero-order chi connectivity index (χ0) is 17.9. The molecule has 1 aromatic rings. The Hall–Kier alpha value is -1.95. The lowest BCUT2D eigenvalue weighted by Crippen LogP contribution is -2.46. The molecule has 1 heterocycles. The minimum absolute atomic E-state index is 0.486. The van der Waals surface area contributed by atoms with Gasteiger partial charge in [-0.3, -0.25) is 5.32 Å². The third-order valence-corrected chi connectivity index (χ3v) is 4.16. The summed E-state index contributed by atoms with van der Waals surface area (Å²) in [6, 6.07) is 3.87. The zero-order valence-corrected chi connectivity index (χ0v) is 15.5. The van der Waals surface area contributed by atoms with Gasteiger partial charge in [0.15, 0.2) is 0 Å². The zero-order valence-electron chi connectivity index (χ0n) is 15.5. The Bertz CT molecular complexity index is 587. The van der Waals surface area contributed by atoms with Gasteiger partial charge >= 0.3 is 6.09 Å². The summed E-state index contributed by atoms with van der Waals surface area (Å²) in [5.74, 6) is 0. The molecule has 134 valence electrons. The molecule has 0 radical (unpaired) electrons. The van der Waals surface area contributed by atoms with E-state index in [1.54, 1.807) is 0 Å². The highest BCUT2D eigenvalue weighted by Crippen LogP contribution is 2.30. The number of rotatable bonds is 3. The lowest BCUT2D eigenvalue weighted by atomic mass is 10.1. The molecule has 1 fully saturated rings. The number of ether oxygens (including phenoxy) is 1. The van der Waals surface area contributed by atoms with Gasteiger partial charge in [-0.2, -0.15) is 0 Å². The average Bonchev–Trinajstić information content (AvgIpc) is 2.48. The normalized spacial score (nSPS) is 16.1. The minimum Gasteiger partial charge on any atom is -0.444 e. The first kappa shape index (κ1) is 18.4. The summed E-state index contributed by atoms with van der Waals surface area (Å²) in [5, 5.41) is 2.77. The quantitative estimate of drug-likeness (QED) is 0.831. The van der Waals surface area contributed by atoms with Gasteiger partial charge in [-0.1, -0.05) is 6.92 Å². The molecular weight excluding hydrogens is 304 g/mol. The maximum atomic E-state index is 12.0. The van der Waals surface area contributed by atoms with Gasteiger partial charge in [0, 0.05) is 31.9 Å². The van der Waals surface area contributed by atoms with Crippen molar-refractivity contribution >= 4 is 23.2 Å². The number of nitrogen functional groups attached to an aromatic ring is 1. The predicted octanol–water partition coefficient (Wildman–Crippen LogP) is 3.07. The van der Waals surface area contributed by atoms with Crippen LogP contribution >= 0.6 is 0 Å². The second kappa shape index (κ2) is 7.30. The van der Waals surface area contributed by atoms with Crippen molar-refractivity contribution in [2.75, 3.05) is 48.7 Å². The van der Waals surface area contributed by atoms with Gasteiger partial charge in [0.05, 0.1) is 11.4 Å². The van der Waals surface area contributed by atoms with Crippen LogP contribution in [0.15, 0.2) is 12.1 Å². The molecule has 1 amide bonds. The van der Waals surface area contributed by atoms with Crippen LogP contribution in [-0.2, 0) is 4.74 Å². The highest BCUT2D eigenvalue weighted by Gasteiger charge is 2.20. The molecule has 0 bridgehead atoms. The molecule has 0 aliphatic carbocycles. The number of benzene rings is 1. The van der Waals surface area contributed by atoms with E-state index in [4.69, 9.17) is 10.5 Å². The van der Waals surface area contributed by atoms with Crippen LogP contribution < -0.4 is 16.0 Å². The Labute approximate surface area is 144 Å². The number of aryl methyl sites for hydroxylation is 1. The Morgan fingerprint density at radius 3 is 2.42 bits per heavy atom. The first-order chi connectivity index (χ1) is 11.2. The van der Waals surface area contributed by atoms with Crippen molar-refractivity contribution in [3.05, 3.63) is 17.7 Å². The van der Waals surface area contributed by atoms with Crippen molar-refractivity contribution in [1.82, 2.24) is 4.90 Å². The topological polar surface area (TPSA) is 70.8 Å². The second-order valence-electron chi connectivity index (χ2n) is 7.27. The molecule has 0 spiro atoms. The van der Waals surface area contributed by atoms with Crippen LogP contribution in [0.5, 0.6) is 0 Å². The lowest BCUT2D eigenvalue weighted by molar-refractivity contribution is 0.0636. The number of likely N-dealkylation sites (N-methyl/N-ethyl adjacent to an activating group) is 1. The largest absolute Gasteiger partial charge is 0.444 e. The van der Waals surface area contributed by atoms with Crippen molar-refractivity contribution in [2.24, 2.45) is 0 Å². The summed E-state index contributed by atoms with van der Waals surface area (Å²) in [6.07, 6.45) is -0.486. The molecule has 24 heavy (non-hydrogen) atoms. The van der Waals surface area contributed by atoms with Gasteiger partial charge in [-0.25, -0.2) is 4.79 Å². The predicted molar refractivity (Wildman–Crippen MR) is 99.8 cm³/mol. The SMILES string of the molecule is CCN1CCN(c2cc(NC(=O)OC(C)(C)C)c(N)cc2C)CC1. The fourth-order valence-corrected chi connectivity index (χ4v) is 2.89. The molecule has 3 N–H and O–H groups in total.